The average molecular weight is 347 g/mol. The van der Waals surface area contributed by atoms with Crippen LogP contribution < -0.4 is 5.32 Å². The fraction of sp³-hybridized carbons (Fsp3) is 0.150. The van der Waals surface area contributed by atoms with Gasteiger partial charge in [0.2, 0.25) is 0 Å². The molecular formula is C20H17N3O3. The molecule has 1 aliphatic heterocycles. The molecule has 1 aliphatic rings. The number of ketones is 1. The highest BCUT2D eigenvalue weighted by Crippen LogP contribution is 2.31. The number of hydrogen-bond acceptors (Lipinski definition) is 4. The van der Waals surface area contributed by atoms with Gasteiger partial charge in [0.1, 0.15) is 0 Å². The predicted molar refractivity (Wildman–Crippen MR) is 100 cm³/mol. The molecule has 1 aromatic heterocycles. The van der Waals surface area contributed by atoms with Crippen molar-refractivity contribution in [1.82, 2.24) is 10.3 Å². The Hall–Kier alpha value is -3.25. The van der Waals surface area contributed by atoms with Gasteiger partial charge in [0.15, 0.2) is 5.78 Å². The maximum absolute atomic E-state index is 12.7. The summed E-state index contributed by atoms with van der Waals surface area (Å²) < 4.78 is 0. The van der Waals surface area contributed by atoms with Crippen molar-refractivity contribution in [2.75, 3.05) is 6.54 Å². The van der Waals surface area contributed by atoms with Crippen molar-refractivity contribution in [1.29, 1.82) is 0 Å². The van der Waals surface area contributed by atoms with E-state index in [9.17, 15) is 14.9 Å². The Morgan fingerprint density at radius 1 is 1.15 bits per heavy atom. The first kappa shape index (κ1) is 16.2. The molecule has 130 valence electrons. The molecule has 2 N–H and O–H groups in total. The van der Waals surface area contributed by atoms with Gasteiger partial charge in [-0.2, -0.15) is 0 Å². The number of nitro benzene ring substituents is 1. The number of H-pyrrole nitrogens is 1. The Morgan fingerprint density at radius 2 is 1.96 bits per heavy atom. The molecular weight excluding hydrogens is 330 g/mol. The number of nitro groups is 1. The van der Waals surface area contributed by atoms with Crippen LogP contribution in [0.1, 0.15) is 22.3 Å². The number of nitrogens with one attached hydrogen (secondary N) is 2. The van der Waals surface area contributed by atoms with Gasteiger partial charge in [-0.1, -0.05) is 36.4 Å². The van der Waals surface area contributed by atoms with Crippen LogP contribution in [0.2, 0.25) is 0 Å². The van der Waals surface area contributed by atoms with E-state index in [0.29, 0.717) is 12.1 Å². The van der Waals surface area contributed by atoms with Crippen LogP contribution in [-0.4, -0.2) is 28.3 Å². The summed E-state index contributed by atoms with van der Waals surface area (Å²) in [4.78, 5) is 26.6. The Labute approximate surface area is 149 Å². The van der Waals surface area contributed by atoms with E-state index in [1.54, 1.807) is 24.3 Å². The monoisotopic (exact) mass is 347 g/mol. The van der Waals surface area contributed by atoms with E-state index in [4.69, 9.17) is 0 Å². The first-order valence-electron chi connectivity index (χ1n) is 8.43. The highest BCUT2D eigenvalue weighted by atomic mass is 16.6. The molecule has 26 heavy (non-hydrogen) atoms. The smallest absolute Gasteiger partial charge is 0.270 e. The second-order valence-corrected chi connectivity index (χ2v) is 6.29. The van der Waals surface area contributed by atoms with E-state index >= 15 is 0 Å². The summed E-state index contributed by atoms with van der Waals surface area (Å²) in [7, 11) is 0. The molecule has 3 aromatic rings. The summed E-state index contributed by atoms with van der Waals surface area (Å²) in [6, 6.07) is 13.6. The number of aromatic amines is 1. The third kappa shape index (κ3) is 2.91. The molecule has 2 aromatic carbocycles. The lowest BCUT2D eigenvalue weighted by Gasteiger charge is -2.22. The van der Waals surface area contributed by atoms with Crippen LogP contribution in [0.15, 0.2) is 60.8 Å². The standard InChI is InChI=1S/C20H17N3O3/c24-20(13-4-2-1-3-5-13)19-10-14(8-9-21-19)17-12-22-18-7-6-15(23(25)26)11-16(17)18/h1-7,10-12,19,21-22H,8-9H2. The number of carbonyl (C=O) groups is 1. The zero-order valence-electron chi connectivity index (χ0n) is 13.9. The SMILES string of the molecule is O=C(c1ccccc1)C1C=C(c2c[nH]c3ccc([N+](=O)[O-])cc23)CCN1. The fourth-order valence-electron chi connectivity index (χ4n) is 3.37. The van der Waals surface area contributed by atoms with Crippen molar-refractivity contribution >= 4 is 27.9 Å². The third-order valence-electron chi connectivity index (χ3n) is 4.69. The van der Waals surface area contributed by atoms with Crippen LogP contribution in [0.3, 0.4) is 0 Å². The minimum absolute atomic E-state index is 0.0219. The number of benzene rings is 2. The van der Waals surface area contributed by atoms with Crippen LogP contribution in [0.25, 0.3) is 16.5 Å². The first-order valence-corrected chi connectivity index (χ1v) is 8.43. The van der Waals surface area contributed by atoms with Crippen LogP contribution >= 0.6 is 0 Å². The number of rotatable bonds is 4. The summed E-state index contributed by atoms with van der Waals surface area (Å²) in [5, 5.41) is 15.1. The number of nitrogens with zero attached hydrogens (tertiary/aromatic N) is 1. The summed E-state index contributed by atoms with van der Waals surface area (Å²) in [5.41, 5.74) is 3.50. The minimum Gasteiger partial charge on any atom is -0.361 e. The Kier molecular flexibility index (Phi) is 4.10. The number of aromatic nitrogens is 1. The number of carbonyl (C=O) groups excluding carboxylic acids is 1. The van der Waals surface area contributed by atoms with E-state index in [-0.39, 0.29) is 11.5 Å². The van der Waals surface area contributed by atoms with Gasteiger partial charge in [-0.15, -0.1) is 0 Å². The molecule has 0 radical (unpaired) electrons. The van der Waals surface area contributed by atoms with Gasteiger partial charge in [-0.25, -0.2) is 0 Å². The highest BCUT2D eigenvalue weighted by molar-refractivity contribution is 6.03. The molecule has 4 rings (SSSR count). The lowest BCUT2D eigenvalue weighted by molar-refractivity contribution is -0.384. The number of Topliss-reactive ketones (excluding diaryl/α,β-unsaturated/α-hetero) is 1. The Morgan fingerprint density at radius 3 is 2.73 bits per heavy atom. The molecule has 1 unspecified atom stereocenters. The molecule has 0 saturated heterocycles. The topological polar surface area (TPSA) is 88.0 Å². The Balaban J connectivity index is 1.72. The van der Waals surface area contributed by atoms with Crippen LogP contribution in [0, 0.1) is 10.1 Å². The van der Waals surface area contributed by atoms with Crippen LogP contribution in [0.5, 0.6) is 0 Å². The largest absolute Gasteiger partial charge is 0.361 e. The van der Waals surface area contributed by atoms with Gasteiger partial charge in [-0.05, 0) is 18.1 Å². The highest BCUT2D eigenvalue weighted by Gasteiger charge is 2.23. The zero-order chi connectivity index (χ0) is 18.1. The molecule has 0 spiro atoms. The van der Waals surface area contributed by atoms with Crippen LogP contribution in [0.4, 0.5) is 5.69 Å². The summed E-state index contributed by atoms with van der Waals surface area (Å²) >= 11 is 0. The fourth-order valence-corrected chi connectivity index (χ4v) is 3.37. The van der Waals surface area contributed by atoms with Gasteiger partial charge in [0.25, 0.3) is 5.69 Å². The van der Waals surface area contributed by atoms with E-state index < -0.39 is 11.0 Å². The maximum atomic E-state index is 12.7. The minimum atomic E-state index is -0.398. The van der Waals surface area contributed by atoms with Crippen molar-refractivity contribution in [3.8, 4) is 0 Å². The van der Waals surface area contributed by atoms with Crippen molar-refractivity contribution in [3.05, 3.63) is 82.0 Å². The average Bonchev–Trinajstić information content (AvgIpc) is 3.11. The van der Waals surface area contributed by atoms with E-state index in [1.807, 2.05) is 30.5 Å². The molecule has 0 bridgehead atoms. The summed E-state index contributed by atoms with van der Waals surface area (Å²) in [5.74, 6) is 0.0219. The normalized spacial score (nSPS) is 17.1. The molecule has 6 heteroatoms. The molecule has 6 nitrogen and oxygen atoms in total. The van der Waals surface area contributed by atoms with E-state index in [0.717, 1.165) is 28.5 Å². The number of hydrogen-bond donors (Lipinski definition) is 2. The first-order chi connectivity index (χ1) is 12.6. The lowest BCUT2D eigenvalue weighted by Crippen LogP contribution is -2.38. The molecule has 0 aliphatic carbocycles. The summed E-state index contributed by atoms with van der Waals surface area (Å²) in [6.45, 7) is 0.677. The third-order valence-corrected chi connectivity index (χ3v) is 4.69. The summed E-state index contributed by atoms with van der Waals surface area (Å²) in [6.07, 6.45) is 4.55. The van der Waals surface area contributed by atoms with Crippen molar-refractivity contribution in [3.63, 3.8) is 0 Å². The number of non-ortho nitro benzene ring substituents is 1. The maximum Gasteiger partial charge on any atom is 0.270 e. The van der Waals surface area contributed by atoms with E-state index in [2.05, 4.69) is 10.3 Å². The van der Waals surface area contributed by atoms with Gasteiger partial charge in [-0.3, -0.25) is 14.9 Å². The van der Waals surface area contributed by atoms with Crippen molar-refractivity contribution in [2.45, 2.75) is 12.5 Å². The van der Waals surface area contributed by atoms with Gasteiger partial charge in [0.05, 0.1) is 11.0 Å². The van der Waals surface area contributed by atoms with Crippen LogP contribution in [-0.2, 0) is 0 Å². The molecule has 0 amide bonds. The number of fused-ring (bicyclic) bond motifs is 1. The second kappa shape index (κ2) is 6.57. The van der Waals surface area contributed by atoms with Gasteiger partial charge >= 0.3 is 0 Å². The molecule has 1 atom stereocenters. The quantitative estimate of drug-likeness (QED) is 0.428. The molecule has 0 saturated carbocycles. The van der Waals surface area contributed by atoms with Gasteiger partial charge < -0.3 is 10.3 Å². The zero-order valence-corrected chi connectivity index (χ0v) is 13.9. The van der Waals surface area contributed by atoms with Crippen molar-refractivity contribution in [2.24, 2.45) is 0 Å². The van der Waals surface area contributed by atoms with Crippen molar-refractivity contribution < 1.29 is 9.72 Å². The lowest BCUT2D eigenvalue weighted by atomic mass is 9.93. The predicted octanol–water partition coefficient (Wildman–Crippen LogP) is 3.70. The van der Waals surface area contributed by atoms with Gasteiger partial charge in [0, 0.05) is 46.9 Å². The molecule has 0 fully saturated rings. The Bertz CT molecular complexity index is 1020. The van der Waals surface area contributed by atoms with E-state index in [1.165, 1.54) is 6.07 Å². The second-order valence-electron chi connectivity index (χ2n) is 6.29. The molecule has 2 heterocycles.